The summed E-state index contributed by atoms with van der Waals surface area (Å²) < 4.78 is 0. The number of benzene rings is 1. The van der Waals surface area contributed by atoms with Crippen molar-refractivity contribution in [1.82, 2.24) is 4.98 Å². The highest BCUT2D eigenvalue weighted by Gasteiger charge is 2.14. The SMILES string of the molecule is OC(c1ccccc1)c1ccc(Cl)nc1Cl. The van der Waals surface area contributed by atoms with Crippen molar-refractivity contribution in [3.8, 4) is 0 Å². The normalized spacial score (nSPS) is 12.4. The molecular weight excluding hydrogens is 245 g/mol. The number of nitrogens with zero attached hydrogens (tertiary/aromatic N) is 1. The van der Waals surface area contributed by atoms with Crippen LogP contribution in [0.25, 0.3) is 0 Å². The van der Waals surface area contributed by atoms with Crippen molar-refractivity contribution in [3.63, 3.8) is 0 Å². The van der Waals surface area contributed by atoms with E-state index in [0.717, 1.165) is 5.56 Å². The van der Waals surface area contributed by atoms with E-state index in [2.05, 4.69) is 4.98 Å². The number of aliphatic hydroxyl groups is 1. The van der Waals surface area contributed by atoms with Gasteiger partial charge in [0, 0.05) is 5.56 Å². The molecule has 0 aliphatic heterocycles. The summed E-state index contributed by atoms with van der Waals surface area (Å²) in [5.74, 6) is 0. The third-order valence-corrected chi connectivity index (χ3v) is 2.77. The Hall–Kier alpha value is -1.09. The second-order valence-electron chi connectivity index (χ2n) is 3.33. The fraction of sp³-hybridized carbons (Fsp3) is 0.0833. The third-order valence-electron chi connectivity index (χ3n) is 2.25. The van der Waals surface area contributed by atoms with E-state index in [-0.39, 0.29) is 5.15 Å². The molecule has 0 saturated heterocycles. The lowest BCUT2D eigenvalue weighted by Gasteiger charge is -2.12. The standard InChI is InChI=1S/C12H9Cl2NO/c13-10-7-6-9(12(14)15-10)11(16)8-4-2-1-3-5-8/h1-7,11,16H. The summed E-state index contributed by atoms with van der Waals surface area (Å²) in [4.78, 5) is 3.89. The Labute approximate surface area is 103 Å². The van der Waals surface area contributed by atoms with E-state index in [1.165, 1.54) is 0 Å². The summed E-state index contributed by atoms with van der Waals surface area (Å²) in [6, 6.07) is 12.5. The van der Waals surface area contributed by atoms with Crippen molar-refractivity contribution in [2.75, 3.05) is 0 Å². The Morgan fingerprint density at radius 2 is 1.69 bits per heavy atom. The fourth-order valence-corrected chi connectivity index (χ4v) is 1.89. The number of hydrogen-bond acceptors (Lipinski definition) is 2. The number of rotatable bonds is 2. The molecule has 1 N–H and O–H groups in total. The molecule has 0 saturated carbocycles. The van der Waals surface area contributed by atoms with Gasteiger partial charge in [0.2, 0.25) is 0 Å². The van der Waals surface area contributed by atoms with Crippen LogP contribution >= 0.6 is 23.2 Å². The first-order chi connectivity index (χ1) is 7.68. The molecule has 1 aromatic heterocycles. The second-order valence-corrected chi connectivity index (χ2v) is 4.07. The van der Waals surface area contributed by atoms with E-state index in [0.29, 0.717) is 10.7 Å². The van der Waals surface area contributed by atoms with Crippen molar-refractivity contribution >= 4 is 23.2 Å². The molecule has 2 nitrogen and oxygen atoms in total. The highest BCUT2D eigenvalue weighted by atomic mass is 35.5. The van der Waals surface area contributed by atoms with E-state index in [1.807, 2.05) is 30.3 Å². The quantitative estimate of drug-likeness (QED) is 0.832. The Balaban J connectivity index is 2.38. The van der Waals surface area contributed by atoms with Gasteiger partial charge in [-0.2, -0.15) is 0 Å². The Morgan fingerprint density at radius 3 is 2.31 bits per heavy atom. The Morgan fingerprint density at radius 1 is 1.00 bits per heavy atom. The first-order valence-electron chi connectivity index (χ1n) is 4.73. The third kappa shape index (κ3) is 2.35. The van der Waals surface area contributed by atoms with Gasteiger partial charge in [0.05, 0.1) is 0 Å². The smallest absolute Gasteiger partial charge is 0.136 e. The molecule has 0 aliphatic rings. The minimum absolute atomic E-state index is 0.226. The fourth-order valence-electron chi connectivity index (χ4n) is 1.44. The maximum absolute atomic E-state index is 10.1. The molecule has 0 aliphatic carbocycles. The number of aliphatic hydroxyl groups excluding tert-OH is 1. The molecule has 2 aromatic rings. The summed E-state index contributed by atoms with van der Waals surface area (Å²) in [7, 11) is 0. The van der Waals surface area contributed by atoms with Gasteiger partial charge in [0.15, 0.2) is 0 Å². The second kappa shape index (κ2) is 4.83. The van der Waals surface area contributed by atoms with E-state index in [9.17, 15) is 5.11 Å². The van der Waals surface area contributed by atoms with Gasteiger partial charge >= 0.3 is 0 Å². The molecule has 1 atom stereocenters. The minimum atomic E-state index is -0.779. The number of hydrogen-bond donors (Lipinski definition) is 1. The van der Waals surface area contributed by atoms with Gasteiger partial charge in [-0.15, -0.1) is 0 Å². The number of pyridine rings is 1. The van der Waals surface area contributed by atoms with Crippen LogP contribution in [0, 0.1) is 0 Å². The summed E-state index contributed by atoms with van der Waals surface area (Å²) in [5.41, 5.74) is 1.32. The van der Waals surface area contributed by atoms with Gasteiger partial charge in [-0.3, -0.25) is 0 Å². The predicted octanol–water partition coefficient (Wildman–Crippen LogP) is 3.47. The van der Waals surface area contributed by atoms with E-state index >= 15 is 0 Å². The average Bonchev–Trinajstić information content (AvgIpc) is 2.29. The van der Waals surface area contributed by atoms with Crippen molar-refractivity contribution in [3.05, 3.63) is 63.9 Å². The van der Waals surface area contributed by atoms with Crippen LogP contribution < -0.4 is 0 Å². The largest absolute Gasteiger partial charge is 0.384 e. The first-order valence-corrected chi connectivity index (χ1v) is 5.49. The Bertz CT molecular complexity index is 488. The minimum Gasteiger partial charge on any atom is -0.384 e. The van der Waals surface area contributed by atoms with Crippen molar-refractivity contribution < 1.29 is 5.11 Å². The molecule has 1 unspecified atom stereocenters. The molecule has 0 bridgehead atoms. The van der Waals surface area contributed by atoms with E-state index in [1.54, 1.807) is 12.1 Å². The summed E-state index contributed by atoms with van der Waals surface area (Å²) in [6.07, 6.45) is -0.779. The van der Waals surface area contributed by atoms with Crippen molar-refractivity contribution in [1.29, 1.82) is 0 Å². The Kier molecular flexibility index (Phi) is 3.44. The van der Waals surface area contributed by atoms with Crippen LogP contribution in [0.5, 0.6) is 0 Å². The zero-order chi connectivity index (χ0) is 11.5. The lowest BCUT2D eigenvalue weighted by molar-refractivity contribution is 0.220. The van der Waals surface area contributed by atoms with Crippen LogP contribution in [-0.4, -0.2) is 10.1 Å². The summed E-state index contributed by atoms with van der Waals surface area (Å²) in [6.45, 7) is 0. The molecule has 1 aromatic carbocycles. The zero-order valence-electron chi connectivity index (χ0n) is 8.27. The van der Waals surface area contributed by atoms with Crippen LogP contribution in [0.15, 0.2) is 42.5 Å². The van der Waals surface area contributed by atoms with Crippen molar-refractivity contribution in [2.45, 2.75) is 6.10 Å². The molecule has 2 rings (SSSR count). The molecular formula is C12H9Cl2NO. The highest BCUT2D eigenvalue weighted by molar-refractivity contribution is 6.32. The van der Waals surface area contributed by atoms with Crippen LogP contribution in [0.1, 0.15) is 17.2 Å². The van der Waals surface area contributed by atoms with Gasteiger partial charge in [-0.1, -0.05) is 53.5 Å². The van der Waals surface area contributed by atoms with Crippen LogP contribution in [0.3, 0.4) is 0 Å². The van der Waals surface area contributed by atoms with Gasteiger partial charge < -0.3 is 5.11 Å². The number of halogens is 2. The first kappa shape index (κ1) is 11.4. The molecule has 0 radical (unpaired) electrons. The molecule has 0 fully saturated rings. The molecule has 16 heavy (non-hydrogen) atoms. The van der Waals surface area contributed by atoms with E-state index < -0.39 is 6.10 Å². The monoisotopic (exact) mass is 253 g/mol. The molecule has 0 amide bonds. The van der Waals surface area contributed by atoms with E-state index in [4.69, 9.17) is 23.2 Å². The number of aromatic nitrogens is 1. The van der Waals surface area contributed by atoms with Crippen LogP contribution in [0.2, 0.25) is 10.3 Å². The van der Waals surface area contributed by atoms with Gasteiger partial charge in [0.1, 0.15) is 16.4 Å². The van der Waals surface area contributed by atoms with Gasteiger partial charge in [-0.05, 0) is 17.7 Å². The molecule has 1 heterocycles. The lowest BCUT2D eigenvalue weighted by atomic mass is 10.0. The summed E-state index contributed by atoms with van der Waals surface area (Å²) >= 11 is 11.6. The molecule has 0 spiro atoms. The van der Waals surface area contributed by atoms with Gasteiger partial charge in [0.25, 0.3) is 0 Å². The highest BCUT2D eigenvalue weighted by Crippen LogP contribution is 2.27. The topological polar surface area (TPSA) is 33.1 Å². The maximum atomic E-state index is 10.1. The predicted molar refractivity (Wildman–Crippen MR) is 64.8 cm³/mol. The zero-order valence-corrected chi connectivity index (χ0v) is 9.78. The van der Waals surface area contributed by atoms with Crippen LogP contribution in [0.4, 0.5) is 0 Å². The maximum Gasteiger partial charge on any atom is 0.136 e. The van der Waals surface area contributed by atoms with Crippen molar-refractivity contribution in [2.24, 2.45) is 0 Å². The average molecular weight is 254 g/mol. The van der Waals surface area contributed by atoms with Gasteiger partial charge in [-0.25, -0.2) is 4.98 Å². The summed E-state index contributed by atoms with van der Waals surface area (Å²) in [5, 5.41) is 10.6. The molecule has 82 valence electrons. The molecule has 4 heteroatoms. The lowest BCUT2D eigenvalue weighted by Crippen LogP contribution is -2.01. The van der Waals surface area contributed by atoms with Crippen LogP contribution in [-0.2, 0) is 0 Å².